The number of nitrogens with zero attached hydrogens (tertiary/aromatic N) is 1. The van der Waals surface area contributed by atoms with Gasteiger partial charge < -0.3 is 33.2 Å². The van der Waals surface area contributed by atoms with Gasteiger partial charge in [0.05, 0.1) is 17.8 Å². The third-order valence-corrected chi connectivity index (χ3v) is 7.52. The molecular weight excluding hydrogens is 625 g/mol. The molecule has 0 saturated heterocycles. The third kappa shape index (κ3) is 9.31. The molecule has 1 heterocycles. The van der Waals surface area contributed by atoms with Crippen LogP contribution >= 0.6 is 0 Å². The molecule has 1 amide bonds. The van der Waals surface area contributed by atoms with E-state index in [1.165, 1.54) is 42.5 Å². The normalized spacial score (nSPS) is 12.6. The molecule has 0 radical (unpaired) electrons. The van der Waals surface area contributed by atoms with Crippen LogP contribution in [0.15, 0.2) is 91.5 Å². The fourth-order valence-electron chi connectivity index (χ4n) is 5.44. The van der Waals surface area contributed by atoms with Gasteiger partial charge in [-0.3, -0.25) is 9.59 Å². The predicted molar refractivity (Wildman–Crippen MR) is 170 cm³/mol. The number of hydrogen-bond donors (Lipinski definition) is 5. The first-order chi connectivity index (χ1) is 21.4. The molecule has 0 fully saturated rings. The number of carbonyl (C=O) groups excluding carboxylic acids is 1. The SMILES string of the molecule is C=CC(O)CC(O)C(C(=O)O)c1c(-c2ccc(F)cc2)c(-c2ccccc2)c(C(=O)NCc2ccc(C(=O)O)cc2)n1C(C)C.[H-].[H-].[Na+].[Na+]. The molecule has 3 unspecified atom stereocenters. The van der Waals surface area contributed by atoms with Crippen LogP contribution in [0.1, 0.15) is 67.2 Å². The van der Waals surface area contributed by atoms with Crippen LogP contribution < -0.4 is 64.4 Å². The monoisotopic (exact) mass is 662 g/mol. The van der Waals surface area contributed by atoms with Crippen LogP contribution in [-0.4, -0.2) is 55.0 Å². The van der Waals surface area contributed by atoms with Crippen molar-refractivity contribution in [3.63, 3.8) is 0 Å². The van der Waals surface area contributed by atoms with E-state index in [4.69, 9.17) is 0 Å². The summed E-state index contributed by atoms with van der Waals surface area (Å²) in [5.41, 5.74) is 2.67. The molecule has 0 spiro atoms. The Kier molecular flexibility index (Phi) is 15.3. The van der Waals surface area contributed by atoms with Crippen molar-refractivity contribution >= 4 is 17.8 Å². The van der Waals surface area contributed by atoms with Gasteiger partial charge in [-0.2, -0.15) is 0 Å². The van der Waals surface area contributed by atoms with Crippen LogP contribution in [0, 0.1) is 5.82 Å². The number of aromatic carboxylic acids is 1. The number of aliphatic carboxylic acids is 1. The average Bonchev–Trinajstić information content (AvgIpc) is 3.36. The van der Waals surface area contributed by atoms with E-state index in [1.807, 2.05) is 0 Å². The maximum atomic E-state index is 14.2. The Morgan fingerprint density at radius 2 is 1.47 bits per heavy atom. The van der Waals surface area contributed by atoms with Gasteiger partial charge in [0.25, 0.3) is 5.91 Å². The number of halogens is 1. The number of benzene rings is 3. The molecule has 5 N–H and O–H groups in total. The van der Waals surface area contributed by atoms with Crippen molar-refractivity contribution in [1.29, 1.82) is 0 Å². The van der Waals surface area contributed by atoms with Gasteiger partial charge in [0.15, 0.2) is 0 Å². The van der Waals surface area contributed by atoms with Gasteiger partial charge >= 0.3 is 71.1 Å². The van der Waals surface area contributed by atoms with Crippen LogP contribution in [0.3, 0.4) is 0 Å². The summed E-state index contributed by atoms with van der Waals surface area (Å²) in [5, 5.41) is 44.1. The van der Waals surface area contributed by atoms with Gasteiger partial charge in [-0.15, -0.1) is 6.58 Å². The summed E-state index contributed by atoms with van der Waals surface area (Å²) in [5.74, 6) is -5.13. The maximum absolute atomic E-state index is 14.2. The van der Waals surface area contributed by atoms with Crippen LogP contribution in [0.2, 0.25) is 0 Å². The first kappa shape index (κ1) is 40.1. The molecule has 4 aromatic rings. The summed E-state index contributed by atoms with van der Waals surface area (Å²) in [7, 11) is 0. The molecule has 47 heavy (non-hydrogen) atoms. The topological polar surface area (TPSA) is 149 Å². The zero-order valence-electron chi connectivity index (χ0n) is 28.9. The van der Waals surface area contributed by atoms with E-state index in [-0.39, 0.29) is 91.9 Å². The smallest absolute Gasteiger partial charge is 1.00 e. The van der Waals surface area contributed by atoms with E-state index in [0.29, 0.717) is 27.8 Å². The van der Waals surface area contributed by atoms with Gasteiger partial charge in [-0.1, -0.05) is 60.7 Å². The zero-order valence-corrected chi connectivity index (χ0v) is 30.9. The molecule has 3 aromatic carbocycles. The van der Waals surface area contributed by atoms with Crippen molar-refractivity contribution in [3.8, 4) is 22.3 Å². The summed E-state index contributed by atoms with van der Waals surface area (Å²) >= 11 is 0. The molecule has 4 rings (SSSR count). The minimum Gasteiger partial charge on any atom is -1.00 e. The van der Waals surface area contributed by atoms with Gasteiger partial charge in [-0.25, -0.2) is 9.18 Å². The number of amides is 1. The van der Waals surface area contributed by atoms with E-state index >= 15 is 0 Å². The summed E-state index contributed by atoms with van der Waals surface area (Å²) in [6, 6.07) is 19.8. The quantitative estimate of drug-likeness (QED) is 0.0990. The van der Waals surface area contributed by atoms with Gasteiger partial charge in [0.2, 0.25) is 0 Å². The molecule has 3 atom stereocenters. The van der Waals surface area contributed by atoms with Gasteiger partial charge in [0.1, 0.15) is 17.4 Å². The Hall–Kier alpha value is -3.06. The van der Waals surface area contributed by atoms with Crippen LogP contribution in [0.4, 0.5) is 4.39 Å². The summed E-state index contributed by atoms with van der Waals surface area (Å²) in [6.45, 7) is 7.11. The van der Waals surface area contributed by atoms with Crippen molar-refractivity contribution in [2.24, 2.45) is 0 Å². The molecule has 0 aliphatic carbocycles. The number of aromatic nitrogens is 1. The molecule has 238 valence electrons. The Morgan fingerprint density at radius 3 is 1.98 bits per heavy atom. The van der Waals surface area contributed by atoms with E-state index in [1.54, 1.807) is 60.9 Å². The van der Waals surface area contributed by atoms with Gasteiger partial charge in [0, 0.05) is 35.8 Å². The van der Waals surface area contributed by atoms with Crippen LogP contribution in [0.5, 0.6) is 0 Å². The first-order valence-electron chi connectivity index (χ1n) is 14.4. The number of hydrogen-bond acceptors (Lipinski definition) is 5. The van der Waals surface area contributed by atoms with Crippen molar-refractivity contribution in [3.05, 3.63) is 120 Å². The molecule has 12 heteroatoms. The summed E-state index contributed by atoms with van der Waals surface area (Å²) in [6.07, 6.45) is -1.92. The molecule has 0 saturated carbocycles. The Balaban J connectivity index is 0.00000576. The Morgan fingerprint density at radius 1 is 0.894 bits per heavy atom. The zero-order chi connectivity index (χ0) is 32.8. The first-order valence-corrected chi connectivity index (χ1v) is 14.4. The molecule has 0 bridgehead atoms. The second kappa shape index (κ2) is 17.9. The van der Waals surface area contributed by atoms with E-state index in [2.05, 4.69) is 11.9 Å². The van der Waals surface area contributed by atoms with Crippen molar-refractivity contribution in [2.45, 2.75) is 51.0 Å². The Labute approximate surface area is 319 Å². The van der Waals surface area contributed by atoms with Crippen molar-refractivity contribution < 1.29 is 101 Å². The molecule has 9 nitrogen and oxygen atoms in total. The number of carbonyl (C=O) groups is 3. The van der Waals surface area contributed by atoms with Gasteiger partial charge in [-0.05, 0) is 54.8 Å². The summed E-state index contributed by atoms with van der Waals surface area (Å²) in [4.78, 5) is 38.4. The van der Waals surface area contributed by atoms with Crippen molar-refractivity contribution in [1.82, 2.24) is 9.88 Å². The minimum absolute atomic E-state index is 0. The number of rotatable bonds is 13. The fourth-order valence-corrected chi connectivity index (χ4v) is 5.44. The predicted octanol–water partition coefficient (Wildman–Crippen LogP) is -0.131. The number of aliphatic hydroxyl groups is 2. The standard InChI is InChI=1S/C35H35FN2O7.2Na.2H/c1-4-26(39)18-27(40)30(35(44)45)31-28(23-14-16-25(36)17-15-23)29(22-8-6-5-7-9-22)32(38(31)20(2)3)33(41)37-19-21-10-12-24(13-11-21)34(42)43;;;;/h4-17,20,26-27,30,39-40H,1,18-19H2,2-3H3,(H,37,41)(H,42,43)(H,44,45);;;;/q;2*+1;2*-1. The second-order valence-electron chi connectivity index (χ2n) is 10.9. The Bertz CT molecular complexity index is 1700. The number of carboxylic acid groups (broad SMARTS) is 2. The minimum atomic E-state index is -1.60. The van der Waals surface area contributed by atoms with E-state index in [0.717, 1.165) is 0 Å². The number of carboxylic acids is 2. The van der Waals surface area contributed by atoms with E-state index < -0.39 is 47.8 Å². The van der Waals surface area contributed by atoms with Crippen molar-refractivity contribution in [2.75, 3.05) is 0 Å². The molecule has 0 aliphatic rings. The summed E-state index contributed by atoms with van der Waals surface area (Å²) < 4.78 is 15.7. The van der Waals surface area contributed by atoms with Crippen LogP contribution in [0.25, 0.3) is 22.3 Å². The molecule has 0 aliphatic heterocycles. The van der Waals surface area contributed by atoms with Crippen LogP contribution in [-0.2, 0) is 11.3 Å². The molecular formula is C35H37FN2Na2O7. The fraction of sp³-hybridized carbons (Fsp3) is 0.229. The maximum Gasteiger partial charge on any atom is 1.00 e. The molecule has 1 aromatic heterocycles. The third-order valence-electron chi connectivity index (χ3n) is 7.52. The average molecular weight is 663 g/mol. The number of nitrogens with one attached hydrogen (secondary N) is 1. The second-order valence-corrected chi connectivity index (χ2v) is 10.9. The van der Waals surface area contributed by atoms with E-state index in [9.17, 15) is 39.2 Å². The largest absolute Gasteiger partial charge is 1.00 e. The number of aliphatic hydroxyl groups excluding tert-OH is 2.